The predicted molar refractivity (Wildman–Crippen MR) is 49.4 cm³/mol. The Hall–Kier alpha value is -1.64. The van der Waals surface area contributed by atoms with Crippen molar-refractivity contribution in [2.45, 2.75) is 0 Å². The molecular weight excluding hydrogens is 152 g/mol. The van der Waals surface area contributed by atoms with Gasteiger partial charge in [0.25, 0.3) is 0 Å². The maximum Gasteiger partial charge on any atom is 0.162 e. The molecule has 12 heavy (non-hydrogen) atoms. The number of rotatable bonds is 3. The summed E-state index contributed by atoms with van der Waals surface area (Å²) in [6.45, 7) is 0. The summed E-state index contributed by atoms with van der Waals surface area (Å²) in [5.74, 6) is 0. The number of benzene rings is 1. The standard InChI is InChI=1S/C9H10N2O/c1-11(10-7-8-12)9-5-3-2-4-6-9/h2-8H,1H3. The molecular formula is C9H10N2O. The molecule has 0 unspecified atom stereocenters. The first-order valence-electron chi connectivity index (χ1n) is 3.61. The molecule has 1 aromatic carbocycles. The Labute approximate surface area is 71.3 Å². The maximum absolute atomic E-state index is 9.96. The van der Waals surface area contributed by atoms with Crippen LogP contribution in [0.5, 0.6) is 0 Å². The Balaban J connectivity index is 2.71. The third kappa shape index (κ3) is 2.20. The van der Waals surface area contributed by atoms with Crippen LogP contribution >= 0.6 is 0 Å². The van der Waals surface area contributed by atoms with Gasteiger partial charge in [-0.05, 0) is 12.1 Å². The summed E-state index contributed by atoms with van der Waals surface area (Å²) in [5, 5.41) is 5.49. The second kappa shape index (κ2) is 4.28. The van der Waals surface area contributed by atoms with Crippen molar-refractivity contribution in [1.82, 2.24) is 0 Å². The van der Waals surface area contributed by atoms with Gasteiger partial charge in [0.1, 0.15) is 0 Å². The minimum Gasteiger partial charge on any atom is -0.297 e. The van der Waals surface area contributed by atoms with E-state index in [4.69, 9.17) is 0 Å². The molecule has 3 heteroatoms. The van der Waals surface area contributed by atoms with E-state index < -0.39 is 0 Å². The van der Waals surface area contributed by atoms with E-state index in [1.807, 2.05) is 30.3 Å². The normalized spacial score (nSPS) is 10.1. The van der Waals surface area contributed by atoms with Crippen molar-refractivity contribution in [2.75, 3.05) is 12.1 Å². The van der Waals surface area contributed by atoms with Gasteiger partial charge in [-0.25, -0.2) is 0 Å². The molecule has 0 radical (unpaired) electrons. The maximum atomic E-state index is 9.96. The zero-order valence-corrected chi connectivity index (χ0v) is 6.84. The number of hydrogen-bond acceptors (Lipinski definition) is 3. The molecule has 0 spiro atoms. The van der Waals surface area contributed by atoms with Gasteiger partial charge in [-0.2, -0.15) is 5.10 Å². The summed E-state index contributed by atoms with van der Waals surface area (Å²) >= 11 is 0. The van der Waals surface area contributed by atoms with E-state index in [0.717, 1.165) is 5.69 Å². The van der Waals surface area contributed by atoms with E-state index in [-0.39, 0.29) is 0 Å². The van der Waals surface area contributed by atoms with E-state index in [1.54, 1.807) is 12.1 Å². The van der Waals surface area contributed by atoms with Gasteiger partial charge in [0.2, 0.25) is 0 Å². The molecule has 0 aliphatic rings. The highest BCUT2D eigenvalue weighted by Gasteiger charge is 1.93. The van der Waals surface area contributed by atoms with Crippen molar-refractivity contribution in [3.05, 3.63) is 30.3 Å². The topological polar surface area (TPSA) is 32.7 Å². The van der Waals surface area contributed by atoms with Gasteiger partial charge in [-0.1, -0.05) is 18.2 Å². The molecule has 0 heterocycles. The molecule has 0 N–H and O–H groups in total. The lowest BCUT2D eigenvalue weighted by Gasteiger charge is -2.10. The second-order valence-electron chi connectivity index (χ2n) is 2.26. The largest absolute Gasteiger partial charge is 0.297 e. The monoisotopic (exact) mass is 162 g/mol. The zero-order valence-electron chi connectivity index (χ0n) is 6.84. The number of para-hydroxylation sites is 1. The van der Waals surface area contributed by atoms with Crippen LogP contribution in [0.4, 0.5) is 5.69 Å². The van der Waals surface area contributed by atoms with Crippen molar-refractivity contribution in [3.8, 4) is 0 Å². The lowest BCUT2D eigenvalue weighted by atomic mass is 10.3. The molecule has 0 saturated carbocycles. The average molecular weight is 162 g/mol. The molecule has 0 aliphatic carbocycles. The summed E-state index contributed by atoms with van der Waals surface area (Å²) in [7, 11) is 1.79. The molecule has 1 aromatic rings. The van der Waals surface area contributed by atoms with Crippen molar-refractivity contribution < 1.29 is 4.79 Å². The molecule has 0 saturated heterocycles. The van der Waals surface area contributed by atoms with Gasteiger partial charge < -0.3 is 0 Å². The van der Waals surface area contributed by atoms with Crippen LogP contribution in [-0.2, 0) is 4.79 Å². The number of anilines is 1. The van der Waals surface area contributed by atoms with E-state index in [0.29, 0.717) is 6.29 Å². The number of hydrogen-bond donors (Lipinski definition) is 0. The van der Waals surface area contributed by atoms with Crippen LogP contribution in [0.1, 0.15) is 0 Å². The smallest absolute Gasteiger partial charge is 0.162 e. The average Bonchev–Trinajstić information content (AvgIpc) is 2.15. The van der Waals surface area contributed by atoms with Crippen LogP contribution in [0.2, 0.25) is 0 Å². The van der Waals surface area contributed by atoms with Crippen LogP contribution in [-0.4, -0.2) is 19.5 Å². The Morgan fingerprint density at radius 1 is 1.33 bits per heavy atom. The molecule has 0 aliphatic heterocycles. The summed E-state index contributed by atoms with van der Waals surface area (Å²) in [6, 6.07) is 9.61. The Morgan fingerprint density at radius 2 is 2.00 bits per heavy atom. The third-order valence-corrected chi connectivity index (χ3v) is 1.43. The van der Waals surface area contributed by atoms with Crippen molar-refractivity contribution in [2.24, 2.45) is 5.10 Å². The van der Waals surface area contributed by atoms with Crippen molar-refractivity contribution in [1.29, 1.82) is 0 Å². The Bertz CT molecular complexity index is 269. The van der Waals surface area contributed by atoms with Gasteiger partial charge >= 0.3 is 0 Å². The van der Waals surface area contributed by atoms with Crippen LogP contribution in [0.15, 0.2) is 35.4 Å². The fourth-order valence-electron chi connectivity index (χ4n) is 0.838. The number of hydrazone groups is 1. The second-order valence-corrected chi connectivity index (χ2v) is 2.26. The van der Waals surface area contributed by atoms with E-state index in [9.17, 15) is 4.79 Å². The fourth-order valence-corrected chi connectivity index (χ4v) is 0.838. The SMILES string of the molecule is CN(N=CC=O)c1ccccc1. The fraction of sp³-hybridized carbons (Fsp3) is 0.111. The van der Waals surface area contributed by atoms with Crippen LogP contribution in [0, 0.1) is 0 Å². The Kier molecular flexibility index (Phi) is 3.02. The molecule has 0 fully saturated rings. The summed E-state index contributed by atoms with van der Waals surface area (Å²) in [6.07, 6.45) is 1.87. The van der Waals surface area contributed by atoms with Gasteiger partial charge in [0, 0.05) is 7.05 Å². The highest BCUT2D eigenvalue weighted by Crippen LogP contribution is 2.09. The van der Waals surface area contributed by atoms with Crippen LogP contribution < -0.4 is 5.01 Å². The molecule has 62 valence electrons. The first-order valence-corrected chi connectivity index (χ1v) is 3.61. The Morgan fingerprint density at radius 3 is 2.58 bits per heavy atom. The minimum absolute atomic E-state index is 0.652. The quantitative estimate of drug-likeness (QED) is 0.381. The summed E-state index contributed by atoms with van der Waals surface area (Å²) in [4.78, 5) is 9.96. The number of carbonyl (C=O) groups is 1. The molecule has 0 aromatic heterocycles. The van der Waals surface area contributed by atoms with Gasteiger partial charge in [0.05, 0.1) is 11.9 Å². The van der Waals surface area contributed by atoms with Crippen LogP contribution in [0.25, 0.3) is 0 Å². The lowest BCUT2D eigenvalue weighted by molar-refractivity contribution is -0.102. The van der Waals surface area contributed by atoms with E-state index in [2.05, 4.69) is 5.10 Å². The van der Waals surface area contributed by atoms with E-state index >= 15 is 0 Å². The molecule has 3 nitrogen and oxygen atoms in total. The van der Waals surface area contributed by atoms with Gasteiger partial charge in [0.15, 0.2) is 6.29 Å². The number of carbonyl (C=O) groups excluding carboxylic acids is 1. The lowest BCUT2D eigenvalue weighted by Crippen LogP contribution is -2.08. The van der Waals surface area contributed by atoms with Crippen molar-refractivity contribution in [3.63, 3.8) is 0 Å². The summed E-state index contributed by atoms with van der Waals surface area (Å²) in [5.41, 5.74) is 0.954. The molecule has 1 rings (SSSR count). The zero-order chi connectivity index (χ0) is 8.81. The first-order chi connectivity index (χ1) is 5.84. The highest BCUT2D eigenvalue weighted by atomic mass is 16.1. The van der Waals surface area contributed by atoms with E-state index in [1.165, 1.54) is 6.21 Å². The third-order valence-electron chi connectivity index (χ3n) is 1.43. The van der Waals surface area contributed by atoms with Crippen molar-refractivity contribution >= 4 is 18.2 Å². The predicted octanol–water partition coefficient (Wildman–Crippen LogP) is 1.31. The van der Waals surface area contributed by atoms with Gasteiger partial charge in [-0.3, -0.25) is 9.80 Å². The molecule has 0 atom stereocenters. The summed E-state index contributed by atoms with van der Waals surface area (Å²) < 4.78 is 0. The molecule has 0 amide bonds. The molecule has 0 bridgehead atoms. The first kappa shape index (κ1) is 8.46. The van der Waals surface area contributed by atoms with Crippen LogP contribution in [0.3, 0.4) is 0 Å². The number of aldehydes is 1. The number of nitrogens with zero attached hydrogens (tertiary/aromatic N) is 2. The highest BCUT2D eigenvalue weighted by molar-refractivity contribution is 6.13. The van der Waals surface area contributed by atoms with Gasteiger partial charge in [-0.15, -0.1) is 0 Å². The minimum atomic E-state index is 0.652.